The molecule has 0 heterocycles. The van der Waals surface area contributed by atoms with Gasteiger partial charge in [0.25, 0.3) is 0 Å². The van der Waals surface area contributed by atoms with Crippen molar-refractivity contribution in [3.05, 3.63) is 29.8 Å². The molecule has 0 fully saturated rings. The molecule has 0 saturated heterocycles. The summed E-state index contributed by atoms with van der Waals surface area (Å²) in [4.78, 5) is 11.8. The Morgan fingerprint density at radius 3 is 2.18 bits per heavy atom. The summed E-state index contributed by atoms with van der Waals surface area (Å²) in [5, 5.41) is 0. The number of hydrogen-bond acceptors (Lipinski definition) is 3. The summed E-state index contributed by atoms with van der Waals surface area (Å²) >= 11 is 0. The molecule has 0 amide bonds. The molecule has 5 heteroatoms. The van der Waals surface area contributed by atoms with Crippen LogP contribution in [0.2, 0.25) is 0 Å². The summed E-state index contributed by atoms with van der Waals surface area (Å²) in [6.45, 7) is 5.68. The smallest absolute Gasteiger partial charge is 0.240 e. The summed E-state index contributed by atoms with van der Waals surface area (Å²) in [5.74, 6) is -0.0800. The van der Waals surface area contributed by atoms with Crippen molar-refractivity contribution in [2.24, 2.45) is 5.92 Å². The molecule has 17 heavy (non-hydrogen) atoms. The first kappa shape index (κ1) is 13.9. The summed E-state index contributed by atoms with van der Waals surface area (Å²) in [6, 6.07) is 6.00. The summed E-state index contributed by atoms with van der Waals surface area (Å²) in [5.41, 5.74) is 0.537. The fraction of sp³-hybridized carbons (Fsp3) is 0.417. The van der Waals surface area contributed by atoms with Crippen LogP contribution in [-0.2, 0) is 10.0 Å². The molecule has 0 aliphatic carbocycles. The molecule has 0 saturated carbocycles. The van der Waals surface area contributed by atoms with Gasteiger partial charge >= 0.3 is 0 Å². The van der Waals surface area contributed by atoms with Gasteiger partial charge in [-0.2, -0.15) is 0 Å². The zero-order valence-corrected chi connectivity index (χ0v) is 11.0. The standard InChI is InChI=1S/C12H17NO3S/c1-4-13-17(15,16)11-7-5-10(6-8-11)12(14)9(2)3/h5-9,13H,4H2,1-3H3. The Balaban J connectivity index is 3.00. The molecule has 0 atom stereocenters. The molecule has 1 aromatic rings. The van der Waals surface area contributed by atoms with Gasteiger partial charge in [0.15, 0.2) is 5.78 Å². The molecular formula is C12H17NO3S. The number of benzene rings is 1. The molecule has 4 nitrogen and oxygen atoms in total. The average Bonchev–Trinajstić information content (AvgIpc) is 2.28. The third-order valence-corrected chi connectivity index (χ3v) is 3.87. The Morgan fingerprint density at radius 1 is 1.24 bits per heavy atom. The minimum atomic E-state index is -3.43. The fourth-order valence-electron chi connectivity index (χ4n) is 1.41. The Labute approximate surface area is 102 Å². The van der Waals surface area contributed by atoms with Crippen LogP contribution < -0.4 is 4.72 Å². The van der Waals surface area contributed by atoms with Gasteiger partial charge in [-0.3, -0.25) is 4.79 Å². The number of sulfonamides is 1. The highest BCUT2D eigenvalue weighted by Gasteiger charge is 2.14. The predicted octanol–water partition coefficient (Wildman–Crippen LogP) is 1.82. The van der Waals surface area contributed by atoms with E-state index in [1.807, 2.05) is 13.8 Å². The van der Waals surface area contributed by atoms with Crippen molar-refractivity contribution in [1.29, 1.82) is 0 Å². The highest BCUT2D eigenvalue weighted by atomic mass is 32.2. The van der Waals surface area contributed by atoms with Crippen LogP contribution in [0.5, 0.6) is 0 Å². The molecule has 94 valence electrons. The van der Waals surface area contributed by atoms with E-state index in [4.69, 9.17) is 0 Å². The number of ketones is 1. The first-order chi connectivity index (χ1) is 7.88. The highest BCUT2D eigenvalue weighted by Crippen LogP contribution is 2.13. The fourth-order valence-corrected chi connectivity index (χ4v) is 2.45. The van der Waals surface area contributed by atoms with Gasteiger partial charge in [0.1, 0.15) is 0 Å². The molecule has 1 aromatic carbocycles. The Morgan fingerprint density at radius 2 is 1.76 bits per heavy atom. The average molecular weight is 255 g/mol. The van der Waals surface area contributed by atoms with Crippen LogP contribution in [0.15, 0.2) is 29.2 Å². The van der Waals surface area contributed by atoms with Crippen LogP contribution >= 0.6 is 0 Å². The second-order valence-electron chi connectivity index (χ2n) is 4.04. The monoisotopic (exact) mass is 255 g/mol. The normalized spacial score (nSPS) is 11.8. The van der Waals surface area contributed by atoms with Crippen molar-refractivity contribution in [3.8, 4) is 0 Å². The molecule has 0 radical (unpaired) electrons. The van der Waals surface area contributed by atoms with Crippen molar-refractivity contribution in [3.63, 3.8) is 0 Å². The molecule has 0 spiro atoms. The summed E-state index contributed by atoms with van der Waals surface area (Å²) in [7, 11) is -3.43. The second kappa shape index (κ2) is 5.42. The molecule has 1 rings (SSSR count). The third-order valence-electron chi connectivity index (χ3n) is 2.31. The molecule has 0 aliphatic rings. The zero-order valence-electron chi connectivity index (χ0n) is 10.2. The molecule has 0 unspecified atom stereocenters. The van der Waals surface area contributed by atoms with Crippen LogP contribution in [0.25, 0.3) is 0 Å². The zero-order chi connectivity index (χ0) is 13.1. The lowest BCUT2D eigenvalue weighted by atomic mass is 10.0. The van der Waals surface area contributed by atoms with E-state index in [2.05, 4.69) is 4.72 Å². The molecular weight excluding hydrogens is 238 g/mol. The number of carbonyl (C=O) groups excluding carboxylic acids is 1. The van der Waals surface area contributed by atoms with Crippen molar-refractivity contribution < 1.29 is 13.2 Å². The largest absolute Gasteiger partial charge is 0.294 e. The number of rotatable bonds is 5. The lowest BCUT2D eigenvalue weighted by Gasteiger charge is -2.07. The minimum absolute atomic E-state index is 0.0115. The maximum absolute atomic E-state index is 11.7. The van der Waals surface area contributed by atoms with E-state index in [1.165, 1.54) is 12.1 Å². The second-order valence-corrected chi connectivity index (χ2v) is 5.81. The van der Waals surface area contributed by atoms with Gasteiger partial charge < -0.3 is 0 Å². The Hall–Kier alpha value is -1.20. The van der Waals surface area contributed by atoms with Crippen LogP contribution in [0.3, 0.4) is 0 Å². The van der Waals surface area contributed by atoms with Crippen molar-refractivity contribution >= 4 is 15.8 Å². The van der Waals surface area contributed by atoms with Gasteiger partial charge in [-0.05, 0) is 12.1 Å². The Kier molecular flexibility index (Phi) is 4.42. The summed E-state index contributed by atoms with van der Waals surface area (Å²) < 4.78 is 25.7. The minimum Gasteiger partial charge on any atom is -0.294 e. The van der Waals surface area contributed by atoms with Crippen LogP contribution in [0.1, 0.15) is 31.1 Å². The quantitative estimate of drug-likeness (QED) is 0.816. The number of nitrogens with one attached hydrogen (secondary N) is 1. The van der Waals surface area contributed by atoms with Gasteiger partial charge in [-0.1, -0.05) is 32.9 Å². The van der Waals surface area contributed by atoms with Gasteiger partial charge in [0, 0.05) is 18.0 Å². The van der Waals surface area contributed by atoms with Crippen LogP contribution in [0, 0.1) is 5.92 Å². The van der Waals surface area contributed by atoms with Crippen LogP contribution in [0.4, 0.5) is 0 Å². The topological polar surface area (TPSA) is 63.2 Å². The van der Waals surface area contributed by atoms with Gasteiger partial charge in [0.2, 0.25) is 10.0 Å². The number of Topliss-reactive ketones (excluding diaryl/α,β-unsaturated/α-hetero) is 1. The molecule has 1 N–H and O–H groups in total. The molecule has 0 aromatic heterocycles. The third kappa shape index (κ3) is 3.38. The summed E-state index contributed by atoms with van der Waals surface area (Å²) in [6.07, 6.45) is 0. The van der Waals surface area contributed by atoms with E-state index in [-0.39, 0.29) is 16.6 Å². The van der Waals surface area contributed by atoms with Crippen molar-refractivity contribution in [1.82, 2.24) is 4.72 Å². The first-order valence-electron chi connectivity index (χ1n) is 5.52. The van der Waals surface area contributed by atoms with E-state index >= 15 is 0 Å². The molecule has 0 bridgehead atoms. The lowest BCUT2D eigenvalue weighted by Crippen LogP contribution is -2.23. The maximum Gasteiger partial charge on any atom is 0.240 e. The Bertz CT molecular complexity index is 489. The first-order valence-corrected chi connectivity index (χ1v) is 7.00. The SMILES string of the molecule is CCNS(=O)(=O)c1ccc(C(=O)C(C)C)cc1. The predicted molar refractivity (Wildman–Crippen MR) is 66.5 cm³/mol. The van der Waals surface area contributed by atoms with E-state index in [9.17, 15) is 13.2 Å². The van der Waals surface area contributed by atoms with E-state index in [1.54, 1.807) is 19.1 Å². The number of carbonyl (C=O) groups is 1. The van der Waals surface area contributed by atoms with Crippen molar-refractivity contribution in [2.45, 2.75) is 25.7 Å². The van der Waals surface area contributed by atoms with Crippen molar-refractivity contribution in [2.75, 3.05) is 6.54 Å². The van der Waals surface area contributed by atoms with E-state index < -0.39 is 10.0 Å². The maximum atomic E-state index is 11.7. The van der Waals surface area contributed by atoms with Crippen LogP contribution in [-0.4, -0.2) is 20.7 Å². The highest BCUT2D eigenvalue weighted by molar-refractivity contribution is 7.89. The van der Waals surface area contributed by atoms with Gasteiger partial charge in [-0.15, -0.1) is 0 Å². The molecule has 0 aliphatic heterocycles. The number of hydrogen-bond donors (Lipinski definition) is 1. The lowest BCUT2D eigenvalue weighted by molar-refractivity contribution is 0.0939. The van der Waals surface area contributed by atoms with E-state index in [0.717, 1.165) is 0 Å². The van der Waals surface area contributed by atoms with Gasteiger partial charge in [-0.25, -0.2) is 13.1 Å². The van der Waals surface area contributed by atoms with Gasteiger partial charge in [0.05, 0.1) is 4.90 Å². The van der Waals surface area contributed by atoms with E-state index in [0.29, 0.717) is 12.1 Å².